The maximum absolute atomic E-state index is 10.9. The maximum atomic E-state index is 10.9. The Morgan fingerprint density at radius 2 is 2.00 bits per heavy atom. The second kappa shape index (κ2) is 7.48. The Balaban J connectivity index is 2.07. The molecule has 1 N–H and O–H groups in total. The number of ether oxygens (including phenoxy) is 1. The Morgan fingerprint density at radius 3 is 2.64 bits per heavy atom. The molecule has 128 valence electrons. The van der Waals surface area contributed by atoms with Crippen molar-refractivity contribution < 1.29 is 19.2 Å². The molecule has 1 heterocycles. The number of aliphatic carboxylic acids is 1. The lowest BCUT2D eigenvalue weighted by atomic mass is 9.98. The Kier molecular flexibility index (Phi) is 5.14. The Hall–Kier alpha value is -2.67. The van der Waals surface area contributed by atoms with E-state index in [0.29, 0.717) is 17.7 Å². The molecule has 3 aromatic rings. The number of hydrogen-bond donors (Lipinski definition) is 1. The highest BCUT2D eigenvalue weighted by molar-refractivity contribution is 9.10. The van der Waals surface area contributed by atoms with Crippen molar-refractivity contribution in [3.05, 3.63) is 63.9 Å². The minimum Gasteiger partial charge on any atom is -0.481 e. The average molecular weight is 403 g/mol. The van der Waals surface area contributed by atoms with Crippen molar-refractivity contribution in [3.63, 3.8) is 0 Å². The van der Waals surface area contributed by atoms with Gasteiger partial charge in [-0.2, -0.15) is 4.98 Å². The molecule has 0 aliphatic heterocycles. The van der Waals surface area contributed by atoms with Crippen LogP contribution in [0.5, 0.6) is 5.75 Å². The highest BCUT2D eigenvalue weighted by atomic mass is 79.9. The number of carboxylic acid groups (broad SMARTS) is 1. The largest absolute Gasteiger partial charge is 0.481 e. The van der Waals surface area contributed by atoms with Crippen LogP contribution in [-0.4, -0.2) is 27.8 Å². The van der Waals surface area contributed by atoms with E-state index < -0.39 is 12.6 Å². The second-order valence-corrected chi connectivity index (χ2v) is 6.34. The molecule has 2 aromatic carbocycles. The Morgan fingerprint density at radius 1 is 1.24 bits per heavy atom. The highest BCUT2D eigenvalue weighted by Crippen LogP contribution is 2.38. The van der Waals surface area contributed by atoms with Crippen LogP contribution in [0.25, 0.3) is 11.5 Å². The van der Waals surface area contributed by atoms with E-state index in [-0.39, 0.29) is 5.89 Å². The molecule has 0 spiro atoms. The quantitative estimate of drug-likeness (QED) is 0.673. The SMILES string of the molecule is Cc1ccc(Cc2c(Br)ccc(OCC(=O)O)c2-c2ncno2)cc1. The lowest BCUT2D eigenvalue weighted by Crippen LogP contribution is -2.10. The average Bonchev–Trinajstić information content (AvgIpc) is 3.11. The second-order valence-electron chi connectivity index (χ2n) is 5.49. The number of rotatable bonds is 6. The van der Waals surface area contributed by atoms with E-state index in [9.17, 15) is 4.79 Å². The molecule has 3 rings (SSSR count). The predicted molar refractivity (Wildman–Crippen MR) is 94.5 cm³/mol. The third-order valence-electron chi connectivity index (χ3n) is 3.65. The van der Waals surface area contributed by atoms with Crippen LogP contribution in [0.1, 0.15) is 16.7 Å². The third-order valence-corrected chi connectivity index (χ3v) is 4.39. The lowest BCUT2D eigenvalue weighted by Gasteiger charge is -2.14. The summed E-state index contributed by atoms with van der Waals surface area (Å²) >= 11 is 3.56. The lowest BCUT2D eigenvalue weighted by molar-refractivity contribution is -0.139. The topological polar surface area (TPSA) is 85.5 Å². The summed E-state index contributed by atoms with van der Waals surface area (Å²) in [7, 11) is 0. The van der Waals surface area contributed by atoms with Crippen LogP contribution in [0, 0.1) is 6.92 Å². The van der Waals surface area contributed by atoms with Crippen LogP contribution in [0.2, 0.25) is 0 Å². The summed E-state index contributed by atoms with van der Waals surface area (Å²) in [5.74, 6) is -0.389. The molecular weight excluding hydrogens is 388 g/mol. The van der Waals surface area contributed by atoms with Crippen molar-refractivity contribution in [1.82, 2.24) is 10.1 Å². The number of hydrogen-bond acceptors (Lipinski definition) is 5. The van der Waals surface area contributed by atoms with Crippen molar-refractivity contribution in [1.29, 1.82) is 0 Å². The van der Waals surface area contributed by atoms with Gasteiger partial charge in [-0.3, -0.25) is 0 Å². The number of nitrogens with zero attached hydrogens (tertiary/aromatic N) is 2. The van der Waals surface area contributed by atoms with E-state index >= 15 is 0 Å². The zero-order valence-electron chi connectivity index (χ0n) is 13.4. The zero-order chi connectivity index (χ0) is 17.8. The maximum Gasteiger partial charge on any atom is 0.341 e. The number of benzene rings is 2. The van der Waals surface area contributed by atoms with Gasteiger partial charge in [-0.1, -0.05) is 50.9 Å². The van der Waals surface area contributed by atoms with Gasteiger partial charge >= 0.3 is 5.97 Å². The fraction of sp³-hybridized carbons (Fsp3) is 0.167. The molecule has 1 aromatic heterocycles. The Bertz CT molecular complexity index is 877. The molecule has 0 bridgehead atoms. The molecule has 0 unspecified atom stereocenters. The van der Waals surface area contributed by atoms with Crippen molar-refractivity contribution in [3.8, 4) is 17.2 Å². The number of carbonyl (C=O) groups is 1. The summed E-state index contributed by atoms with van der Waals surface area (Å²) in [5, 5.41) is 12.5. The fourth-order valence-corrected chi connectivity index (χ4v) is 2.93. The molecule has 0 fully saturated rings. The molecule has 0 aliphatic rings. The standard InChI is InChI=1S/C18H15BrN2O4/c1-11-2-4-12(5-3-11)8-13-14(19)6-7-15(24-9-16(22)23)17(13)18-20-10-21-25-18/h2-7,10H,8-9H2,1H3,(H,22,23). The van der Waals surface area contributed by atoms with Gasteiger partial charge in [0.05, 0.1) is 5.56 Å². The monoisotopic (exact) mass is 402 g/mol. The van der Waals surface area contributed by atoms with E-state index in [2.05, 4.69) is 26.1 Å². The fourth-order valence-electron chi connectivity index (χ4n) is 2.46. The summed E-state index contributed by atoms with van der Waals surface area (Å²) in [6, 6.07) is 11.7. The van der Waals surface area contributed by atoms with Crippen LogP contribution >= 0.6 is 15.9 Å². The first kappa shape index (κ1) is 17.2. The molecule has 0 aliphatic carbocycles. The van der Waals surface area contributed by atoms with Gasteiger partial charge in [0.2, 0.25) is 0 Å². The van der Waals surface area contributed by atoms with E-state index in [1.807, 2.05) is 37.3 Å². The number of aryl methyl sites for hydroxylation is 1. The van der Waals surface area contributed by atoms with Gasteiger partial charge in [-0.25, -0.2) is 4.79 Å². The van der Waals surface area contributed by atoms with Gasteiger partial charge in [0.25, 0.3) is 5.89 Å². The number of aromatic nitrogens is 2. The summed E-state index contributed by atoms with van der Waals surface area (Å²) in [5.41, 5.74) is 3.76. The minimum atomic E-state index is -1.06. The Labute approximate surface area is 152 Å². The van der Waals surface area contributed by atoms with Gasteiger partial charge in [-0.05, 0) is 36.6 Å². The van der Waals surface area contributed by atoms with Crippen molar-refractivity contribution in [2.45, 2.75) is 13.3 Å². The predicted octanol–water partition coefficient (Wildman–Crippen LogP) is 3.86. The van der Waals surface area contributed by atoms with Gasteiger partial charge < -0.3 is 14.4 Å². The van der Waals surface area contributed by atoms with Crippen LogP contribution in [0.4, 0.5) is 0 Å². The van der Waals surface area contributed by atoms with Gasteiger partial charge in [-0.15, -0.1) is 0 Å². The zero-order valence-corrected chi connectivity index (χ0v) is 15.0. The van der Waals surface area contributed by atoms with Gasteiger partial charge in [0, 0.05) is 4.47 Å². The summed E-state index contributed by atoms with van der Waals surface area (Å²) < 4.78 is 11.5. The molecule has 6 nitrogen and oxygen atoms in total. The molecule has 0 radical (unpaired) electrons. The highest BCUT2D eigenvalue weighted by Gasteiger charge is 2.20. The van der Waals surface area contributed by atoms with Crippen LogP contribution in [-0.2, 0) is 11.2 Å². The molecule has 0 saturated carbocycles. The van der Waals surface area contributed by atoms with Crippen molar-refractivity contribution in [2.75, 3.05) is 6.61 Å². The normalized spacial score (nSPS) is 10.6. The van der Waals surface area contributed by atoms with E-state index in [1.54, 1.807) is 6.07 Å². The first-order valence-corrected chi connectivity index (χ1v) is 8.32. The summed E-state index contributed by atoms with van der Waals surface area (Å²) in [6.45, 7) is 1.58. The van der Waals surface area contributed by atoms with Crippen molar-refractivity contribution >= 4 is 21.9 Å². The van der Waals surface area contributed by atoms with E-state index in [4.69, 9.17) is 14.4 Å². The van der Waals surface area contributed by atoms with Crippen LogP contribution < -0.4 is 4.74 Å². The van der Waals surface area contributed by atoms with E-state index in [1.165, 1.54) is 11.9 Å². The number of carboxylic acids is 1. The van der Waals surface area contributed by atoms with Gasteiger partial charge in [0.1, 0.15) is 5.75 Å². The van der Waals surface area contributed by atoms with Gasteiger partial charge in [0.15, 0.2) is 12.9 Å². The molecule has 7 heteroatoms. The first-order valence-electron chi connectivity index (χ1n) is 7.53. The summed E-state index contributed by atoms with van der Waals surface area (Å²) in [4.78, 5) is 15.0. The summed E-state index contributed by atoms with van der Waals surface area (Å²) in [6.07, 6.45) is 1.90. The van der Waals surface area contributed by atoms with E-state index in [0.717, 1.165) is 15.6 Å². The van der Waals surface area contributed by atoms with Crippen LogP contribution in [0.3, 0.4) is 0 Å². The number of halogens is 1. The smallest absolute Gasteiger partial charge is 0.341 e. The molecule has 0 amide bonds. The molecule has 0 saturated heterocycles. The molecule has 25 heavy (non-hydrogen) atoms. The molecule has 0 atom stereocenters. The molecular formula is C18H15BrN2O4. The minimum absolute atomic E-state index is 0.281. The first-order chi connectivity index (χ1) is 12.0. The van der Waals surface area contributed by atoms with Crippen LogP contribution in [0.15, 0.2) is 51.7 Å². The third kappa shape index (κ3) is 4.06. The van der Waals surface area contributed by atoms with Crippen molar-refractivity contribution in [2.24, 2.45) is 0 Å².